The van der Waals surface area contributed by atoms with E-state index in [1.807, 2.05) is 23.5 Å². The summed E-state index contributed by atoms with van der Waals surface area (Å²) >= 11 is 3.86. The maximum atomic E-state index is 10.8. The molecule has 2 unspecified atom stereocenters. The molecule has 3 nitrogen and oxygen atoms in total. The minimum Gasteiger partial charge on any atom is -0.481 e. The first kappa shape index (κ1) is 14.5. The number of carbonyl (C=O) groups is 1. The zero-order valence-corrected chi connectivity index (χ0v) is 12.5. The van der Waals surface area contributed by atoms with Crippen molar-refractivity contribution in [1.82, 2.24) is 0 Å². The Kier molecular flexibility index (Phi) is 5.27. The van der Waals surface area contributed by atoms with E-state index in [2.05, 4.69) is 0 Å². The van der Waals surface area contributed by atoms with Gasteiger partial charge in [0.05, 0.1) is 11.5 Å². The molecule has 0 aromatic heterocycles. The standard InChI is InChI=1S/C13H22O3S2/c1-10(12(14)15)9-18-11-2-5-16-13(8-11)3-6-17-7-4-13/h10-11H,2-9H2,1H3,(H,14,15). The summed E-state index contributed by atoms with van der Waals surface area (Å²) < 4.78 is 6.05. The number of carboxylic acid groups (broad SMARTS) is 1. The van der Waals surface area contributed by atoms with Gasteiger partial charge in [0.1, 0.15) is 0 Å². The molecule has 2 aliphatic rings. The molecule has 2 atom stereocenters. The molecular weight excluding hydrogens is 268 g/mol. The second-order valence-corrected chi connectivity index (χ2v) is 7.89. The van der Waals surface area contributed by atoms with Crippen LogP contribution < -0.4 is 0 Å². The highest BCUT2D eigenvalue weighted by Crippen LogP contribution is 2.41. The van der Waals surface area contributed by atoms with Gasteiger partial charge in [-0.05, 0) is 37.2 Å². The summed E-state index contributed by atoms with van der Waals surface area (Å²) in [4.78, 5) is 10.8. The van der Waals surface area contributed by atoms with Gasteiger partial charge in [0.15, 0.2) is 0 Å². The van der Waals surface area contributed by atoms with Gasteiger partial charge in [-0.15, -0.1) is 0 Å². The Morgan fingerprint density at radius 2 is 2.28 bits per heavy atom. The fourth-order valence-electron chi connectivity index (χ4n) is 2.57. The van der Waals surface area contributed by atoms with Gasteiger partial charge in [-0.1, -0.05) is 6.92 Å². The van der Waals surface area contributed by atoms with Gasteiger partial charge in [-0.3, -0.25) is 4.79 Å². The van der Waals surface area contributed by atoms with Crippen molar-refractivity contribution in [1.29, 1.82) is 0 Å². The summed E-state index contributed by atoms with van der Waals surface area (Å²) in [6, 6.07) is 0. The van der Waals surface area contributed by atoms with Crippen molar-refractivity contribution in [2.24, 2.45) is 5.92 Å². The van der Waals surface area contributed by atoms with E-state index < -0.39 is 5.97 Å². The highest BCUT2D eigenvalue weighted by molar-refractivity contribution is 8.00. The number of aliphatic carboxylic acids is 1. The first-order valence-corrected chi connectivity index (χ1v) is 8.88. The normalized spacial score (nSPS) is 29.1. The molecular formula is C13H22O3S2. The molecule has 0 saturated carbocycles. The second kappa shape index (κ2) is 6.53. The van der Waals surface area contributed by atoms with Gasteiger partial charge in [0.25, 0.3) is 0 Å². The van der Waals surface area contributed by atoms with E-state index in [1.54, 1.807) is 6.92 Å². The Morgan fingerprint density at radius 1 is 1.56 bits per heavy atom. The molecule has 2 rings (SSSR count). The quantitative estimate of drug-likeness (QED) is 0.862. The van der Waals surface area contributed by atoms with E-state index in [1.165, 1.54) is 24.3 Å². The van der Waals surface area contributed by atoms with Crippen molar-refractivity contribution in [3.63, 3.8) is 0 Å². The molecule has 0 aliphatic carbocycles. The molecule has 2 aliphatic heterocycles. The minimum absolute atomic E-state index is 0.119. The lowest BCUT2D eigenvalue weighted by Gasteiger charge is -2.43. The van der Waals surface area contributed by atoms with E-state index in [-0.39, 0.29) is 11.5 Å². The van der Waals surface area contributed by atoms with Crippen molar-refractivity contribution >= 4 is 29.5 Å². The largest absolute Gasteiger partial charge is 0.481 e. The number of carboxylic acids is 1. The molecule has 18 heavy (non-hydrogen) atoms. The molecule has 5 heteroatoms. The number of thioether (sulfide) groups is 2. The summed E-state index contributed by atoms with van der Waals surface area (Å²) in [7, 11) is 0. The molecule has 2 fully saturated rings. The van der Waals surface area contributed by atoms with Crippen molar-refractivity contribution in [3.8, 4) is 0 Å². The van der Waals surface area contributed by atoms with Crippen LogP contribution in [0.5, 0.6) is 0 Å². The predicted molar refractivity (Wildman–Crippen MR) is 77.5 cm³/mol. The Morgan fingerprint density at radius 3 is 2.94 bits per heavy atom. The summed E-state index contributed by atoms with van der Waals surface area (Å²) in [5.74, 6) is 2.23. The number of ether oxygens (including phenoxy) is 1. The van der Waals surface area contributed by atoms with E-state index in [0.29, 0.717) is 5.25 Å². The Balaban J connectivity index is 1.81. The molecule has 0 bridgehead atoms. The molecule has 2 heterocycles. The first-order valence-electron chi connectivity index (χ1n) is 6.67. The fraction of sp³-hybridized carbons (Fsp3) is 0.923. The molecule has 104 valence electrons. The molecule has 2 saturated heterocycles. The molecule has 1 N–H and O–H groups in total. The predicted octanol–water partition coefficient (Wildman–Crippen LogP) is 2.89. The van der Waals surface area contributed by atoms with Crippen LogP contribution in [0.4, 0.5) is 0 Å². The van der Waals surface area contributed by atoms with Gasteiger partial charge in [0, 0.05) is 17.6 Å². The van der Waals surface area contributed by atoms with Crippen molar-refractivity contribution in [2.75, 3.05) is 23.9 Å². The summed E-state index contributed by atoms with van der Waals surface area (Å²) in [5.41, 5.74) is 0.119. The number of hydrogen-bond donors (Lipinski definition) is 1. The van der Waals surface area contributed by atoms with Crippen molar-refractivity contribution in [3.05, 3.63) is 0 Å². The second-order valence-electron chi connectivity index (χ2n) is 5.33. The molecule has 1 spiro atoms. The van der Waals surface area contributed by atoms with E-state index in [9.17, 15) is 4.79 Å². The third-order valence-corrected chi connectivity index (χ3v) is 6.41. The smallest absolute Gasteiger partial charge is 0.307 e. The van der Waals surface area contributed by atoms with Crippen molar-refractivity contribution in [2.45, 2.75) is 43.5 Å². The highest BCUT2D eigenvalue weighted by Gasteiger charge is 2.38. The fourth-order valence-corrected chi connectivity index (χ4v) is 5.19. The average Bonchev–Trinajstić information content (AvgIpc) is 2.37. The Bertz CT molecular complexity index is 284. The summed E-state index contributed by atoms with van der Waals surface area (Å²) in [6.07, 6.45) is 4.53. The maximum Gasteiger partial charge on any atom is 0.307 e. The lowest BCUT2D eigenvalue weighted by Crippen LogP contribution is -2.43. The van der Waals surface area contributed by atoms with Crippen LogP contribution in [-0.4, -0.2) is 45.8 Å². The van der Waals surface area contributed by atoms with Crippen LogP contribution in [0.15, 0.2) is 0 Å². The molecule has 0 aromatic carbocycles. The van der Waals surface area contributed by atoms with Gasteiger partial charge >= 0.3 is 5.97 Å². The van der Waals surface area contributed by atoms with Crippen LogP contribution in [0.2, 0.25) is 0 Å². The Hall–Kier alpha value is 0.130. The lowest BCUT2D eigenvalue weighted by atomic mass is 9.88. The van der Waals surface area contributed by atoms with Gasteiger partial charge in [0.2, 0.25) is 0 Å². The molecule has 0 aromatic rings. The van der Waals surface area contributed by atoms with Crippen LogP contribution >= 0.6 is 23.5 Å². The summed E-state index contributed by atoms with van der Waals surface area (Å²) in [6.45, 7) is 2.64. The molecule has 0 amide bonds. The van der Waals surface area contributed by atoms with Gasteiger partial charge in [-0.2, -0.15) is 23.5 Å². The van der Waals surface area contributed by atoms with E-state index >= 15 is 0 Å². The topological polar surface area (TPSA) is 46.5 Å². The van der Waals surface area contributed by atoms with Crippen LogP contribution in [-0.2, 0) is 9.53 Å². The van der Waals surface area contributed by atoms with E-state index in [0.717, 1.165) is 25.2 Å². The summed E-state index contributed by atoms with van der Waals surface area (Å²) in [5, 5.41) is 9.50. The van der Waals surface area contributed by atoms with Gasteiger partial charge in [-0.25, -0.2) is 0 Å². The third-order valence-electron chi connectivity index (χ3n) is 3.86. The van der Waals surface area contributed by atoms with Crippen LogP contribution in [0.1, 0.15) is 32.6 Å². The number of hydrogen-bond acceptors (Lipinski definition) is 4. The third kappa shape index (κ3) is 3.81. The van der Waals surface area contributed by atoms with Gasteiger partial charge < -0.3 is 9.84 Å². The minimum atomic E-state index is -0.682. The van der Waals surface area contributed by atoms with Crippen LogP contribution in [0.3, 0.4) is 0 Å². The molecule has 0 radical (unpaired) electrons. The zero-order valence-electron chi connectivity index (χ0n) is 10.9. The SMILES string of the molecule is CC(CSC1CCOC2(CCSCC2)C1)C(=O)O. The Labute approximate surface area is 117 Å². The lowest BCUT2D eigenvalue weighted by molar-refractivity contribution is -0.140. The van der Waals surface area contributed by atoms with Crippen molar-refractivity contribution < 1.29 is 14.6 Å². The highest BCUT2D eigenvalue weighted by atomic mass is 32.2. The average molecular weight is 290 g/mol. The number of rotatable bonds is 4. The zero-order chi connectivity index (χ0) is 13.0. The van der Waals surface area contributed by atoms with Crippen LogP contribution in [0.25, 0.3) is 0 Å². The monoisotopic (exact) mass is 290 g/mol. The van der Waals surface area contributed by atoms with Crippen LogP contribution in [0, 0.1) is 5.92 Å². The first-order chi connectivity index (χ1) is 8.61. The maximum absolute atomic E-state index is 10.8. The van der Waals surface area contributed by atoms with E-state index in [4.69, 9.17) is 9.84 Å².